The summed E-state index contributed by atoms with van der Waals surface area (Å²) in [6, 6.07) is 0. The van der Waals surface area contributed by atoms with Crippen molar-refractivity contribution < 1.29 is 13.2 Å². The lowest BCUT2D eigenvalue weighted by Crippen LogP contribution is -2.38. The van der Waals surface area contributed by atoms with Crippen molar-refractivity contribution in [1.29, 1.82) is 0 Å². The van der Waals surface area contributed by atoms with Crippen LogP contribution in [0.3, 0.4) is 0 Å². The van der Waals surface area contributed by atoms with Crippen molar-refractivity contribution in [3.05, 3.63) is 0 Å². The summed E-state index contributed by atoms with van der Waals surface area (Å²) in [5.41, 5.74) is 0. The Morgan fingerprint density at radius 3 is 1.64 bits per heavy atom. The summed E-state index contributed by atoms with van der Waals surface area (Å²) in [6.45, 7) is 0. The molecule has 0 heterocycles. The van der Waals surface area contributed by atoms with Gasteiger partial charge in [-0.15, -0.1) is 0 Å². The highest BCUT2D eigenvalue weighted by Crippen LogP contribution is 2.51. The van der Waals surface area contributed by atoms with E-state index in [4.69, 9.17) is 0 Å². The molecular formula is C25H41F3. The molecule has 0 aliphatic heterocycles. The minimum Gasteiger partial charge on any atom is -0.171 e. The molecule has 4 unspecified atom stereocenters. The molecular weight excluding hydrogens is 357 g/mol. The Kier molecular flexibility index (Phi) is 6.98. The Bertz CT molecular complexity index is 471. The monoisotopic (exact) mass is 398 g/mol. The molecule has 0 N–H and O–H groups in total. The van der Waals surface area contributed by atoms with Crippen LogP contribution in [0.25, 0.3) is 0 Å². The standard InChI is InChI=1S/C25H41F3/c26-25(27,28)24-15-14-22-16-21(12-13-23(22)17-24)20-10-8-19(9-11-20)7-6-18-4-2-1-3-5-18/h18-24H,1-17H2. The molecule has 162 valence electrons. The first-order chi connectivity index (χ1) is 13.5. The highest BCUT2D eigenvalue weighted by atomic mass is 19.4. The second-order valence-corrected chi connectivity index (χ2v) is 11.0. The van der Waals surface area contributed by atoms with Crippen molar-refractivity contribution in [2.45, 2.75) is 115 Å². The molecule has 0 saturated heterocycles. The molecule has 0 aromatic carbocycles. The van der Waals surface area contributed by atoms with Gasteiger partial charge in [-0.1, -0.05) is 57.8 Å². The number of halogens is 3. The van der Waals surface area contributed by atoms with Crippen LogP contribution in [0.2, 0.25) is 0 Å². The third-order valence-electron chi connectivity index (χ3n) is 9.38. The van der Waals surface area contributed by atoms with Crippen molar-refractivity contribution in [2.75, 3.05) is 0 Å². The average Bonchev–Trinajstić information content (AvgIpc) is 2.72. The molecule has 0 amide bonds. The van der Waals surface area contributed by atoms with E-state index in [0.717, 1.165) is 36.5 Å². The Labute approximate surface area is 170 Å². The normalized spacial score (nSPS) is 40.8. The van der Waals surface area contributed by atoms with E-state index in [9.17, 15) is 13.2 Å². The van der Waals surface area contributed by atoms with Crippen molar-refractivity contribution in [3.63, 3.8) is 0 Å². The molecule has 4 atom stereocenters. The topological polar surface area (TPSA) is 0 Å². The van der Waals surface area contributed by atoms with Crippen molar-refractivity contribution in [2.24, 2.45) is 41.4 Å². The largest absolute Gasteiger partial charge is 0.391 e. The second-order valence-electron chi connectivity index (χ2n) is 11.0. The van der Waals surface area contributed by atoms with Gasteiger partial charge in [-0.3, -0.25) is 0 Å². The van der Waals surface area contributed by atoms with E-state index in [1.165, 1.54) is 83.5 Å². The van der Waals surface area contributed by atoms with E-state index in [1.54, 1.807) is 0 Å². The number of rotatable bonds is 4. The molecule has 0 aromatic heterocycles. The predicted molar refractivity (Wildman–Crippen MR) is 109 cm³/mol. The molecule has 4 aliphatic carbocycles. The van der Waals surface area contributed by atoms with Gasteiger partial charge >= 0.3 is 6.18 Å². The van der Waals surface area contributed by atoms with Crippen LogP contribution in [0.15, 0.2) is 0 Å². The van der Waals surface area contributed by atoms with E-state index in [1.807, 2.05) is 0 Å². The minimum atomic E-state index is -3.96. The van der Waals surface area contributed by atoms with Crippen LogP contribution in [-0.4, -0.2) is 6.18 Å². The van der Waals surface area contributed by atoms with Gasteiger partial charge in [0.05, 0.1) is 5.92 Å². The summed E-state index contributed by atoms with van der Waals surface area (Å²) in [4.78, 5) is 0. The maximum Gasteiger partial charge on any atom is 0.391 e. The van der Waals surface area contributed by atoms with E-state index < -0.39 is 12.1 Å². The molecule has 4 aliphatic rings. The summed E-state index contributed by atoms with van der Waals surface area (Å²) in [6.07, 6.45) is 17.2. The lowest BCUT2D eigenvalue weighted by molar-refractivity contribution is -0.191. The fourth-order valence-electron chi connectivity index (χ4n) is 7.55. The summed E-state index contributed by atoms with van der Waals surface area (Å²) in [7, 11) is 0. The van der Waals surface area contributed by atoms with Gasteiger partial charge in [0.15, 0.2) is 0 Å². The smallest absolute Gasteiger partial charge is 0.171 e. The number of alkyl halides is 3. The fourth-order valence-corrected chi connectivity index (χ4v) is 7.55. The number of hydrogen-bond acceptors (Lipinski definition) is 0. The zero-order valence-electron chi connectivity index (χ0n) is 17.7. The van der Waals surface area contributed by atoms with E-state index in [2.05, 4.69) is 0 Å². The van der Waals surface area contributed by atoms with Crippen molar-refractivity contribution >= 4 is 0 Å². The molecule has 4 rings (SSSR count). The first kappa shape index (κ1) is 21.0. The fraction of sp³-hybridized carbons (Fsp3) is 1.00. The van der Waals surface area contributed by atoms with Gasteiger partial charge in [-0.2, -0.15) is 13.2 Å². The highest BCUT2D eigenvalue weighted by molar-refractivity contribution is 4.90. The van der Waals surface area contributed by atoms with E-state index >= 15 is 0 Å². The molecule has 4 fully saturated rings. The summed E-state index contributed by atoms with van der Waals surface area (Å²) in [5, 5.41) is 0. The van der Waals surface area contributed by atoms with Crippen molar-refractivity contribution in [3.8, 4) is 0 Å². The molecule has 0 bridgehead atoms. The SMILES string of the molecule is FC(F)(F)C1CCC2CC(C3CCC(CCC4CCCCC4)CC3)CCC2C1. The Morgan fingerprint density at radius 2 is 1.00 bits per heavy atom. The third-order valence-corrected chi connectivity index (χ3v) is 9.38. The van der Waals surface area contributed by atoms with E-state index in [0.29, 0.717) is 24.7 Å². The van der Waals surface area contributed by atoms with Gasteiger partial charge < -0.3 is 0 Å². The van der Waals surface area contributed by atoms with Crippen molar-refractivity contribution in [1.82, 2.24) is 0 Å². The van der Waals surface area contributed by atoms with Gasteiger partial charge in [-0.05, 0) is 86.9 Å². The first-order valence-electron chi connectivity index (χ1n) is 12.6. The number of hydrogen-bond donors (Lipinski definition) is 0. The quantitative estimate of drug-likeness (QED) is 0.445. The molecule has 28 heavy (non-hydrogen) atoms. The molecule has 4 saturated carbocycles. The lowest BCUT2D eigenvalue weighted by Gasteiger charge is -2.45. The Morgan fingerprint density at radius 1 is 0.500 bits per heavy atom. The maximum atomic E-state index is 13.1. The second kappa shape index (κ2) is 9.29. The van der Waals surface area contributed by atoms with Gasteiger partial charge in [0.25, 0.3) is 0 Å². The van der Waals surface area contributed by atoms with Crippen LogP contribution in [-0.2, 0) is 0 Å². The van der Waals surface area contributed by atoms with Gasteiger partial charge in [0.1, 0.15) is 0 Å². The van der Waals surface area contributed by atoms with Crippen LogP contribution >= 0.6 is 0 Å². The zero-order chi connectivity index (χ0) is 19.6. The van der Waals surface area contributed by atoms with Gasteiger partial charge in [-0.25, -0.2) is 0 Å². The molecule has 0 radical (unpaired) electrons. The number of fused-ring (bicyclic) bond motifs is 1. The molecule has 0 aromatic rings. The molecule has 0 nitrogen and oxygen atoms in total. The zero-order valence-corrected chi connectivity index (χ0v) is 17.7. The van der Waals surface area contributed by atoms with Crippen LogP contribution in [0.1, 0.15) is 109 Å². The molecule has 3 heteroatoms. The average molecular weight is 399 g/mol. The third kappa shape index (κ3) is 5.28. The minimum absolute atomic E-state index is 0.364. The maximum absolute atomic E-state index is 13.1. The Hall–Kier alpha value is -0.210. The Balaban J connectivity index is 1.18. The predicted octanol–water partition coefficient (Wildman–Crippen LogP) is 8.55. The van der Waals surface area contributed by atoms with E-state index in [-0.39, 0.29) is 0 Å². The summed E-state index contributed by atoms with van der Waals surface area (Å²) >= 11 is 0. The summed E-state index contributed by atoms with van der Waals surface area (Å²) < 4.78 is 39.3. The summed E-state index contributed by atoms with van der Waals surface area (Å²) in [5.74, 6) is 3.65. The molecule has 0 spiro atoms. The highest BCUT2D eigenvalue weighted by Gasteiger charge is 2.46. The van der Waals surface area contributed by atoms with Crippen LogP contribution < -0.4 is 0 Å². The van der Waals surface area contributed by atoms with Gasteiger partial charge in [0.2, 0.25) is 0 Å². The van der Waals surface area contributed by atoms with Gasteiger partial charge in [0, 0.05) is 0 Å². The van der Waals surface area contributed by atoms with Crippen LogP contribution in [0, 0.1) is 41.4 Å². The first-order valence-corrected chi connectivity index (χ1v) is 12.6. The van der Waals surface area contributed by atoms with Crippen LogP contribution in [0.4, 0.5) is 13.2 Å². The van der Waals surface area contributed by atoms with Crippen LogP contribution in [0.5, 0.6) is 0 Å². The lowest BCUT2D eigenvalue weighted by atomic mass is 9.60.